The van der Waals surface area contributed by atoms with Gasteiger partial charge in [-0.05, 0) is 18.2 Å². The lowest BCUT2D eigenvalue weighted by Crippen LogP contribution is -2.01. The molecule has 0 aliphatic heterocycles. The maximum Gasteiger partial charge on any atom is 0.162 e. The second-order valence-corrected chi connectivity index (χ2v) is 11.9. The third-order valence-electron chi connectivity index (χ3n) is 7.63. The summed E-state index contributed by atoms with van der Waals surface area (Å²) in [5.41, 5.74) is 4.40. The molecule has 0 saturated carbocycles. The topological polar surface area (TPSA) is 30.7 Å². The molecule has 5 aromatic carbocycles. The van der Waals surface area contributed by atoms with Crippen LogP contribution in [0.15, 0.2) is 115 Å². The van der Waals surface area contributed by atoms with Gasteiger partial charge in [0.25, 0.3) is 0 Å². The molecular weight excluding hydrogens is 515 g/mol. The lowest BCUT2D eigenvalue weighted by atomic mass is 10.1. The Kier molecular flexibility index (Phi) is 4.36. The van der Waals surface area contributed by atoms with Crippen LogP contribution in [0.5, 0.6) is 0 Å². The first-order valence-electron chi connectivity index (χ1n) is 12.9. The molecule has 3 nitrogen and oxygen atoms in total. The molecule has 39 heavy (non-hydrogen) atoms. The van der Waals surface area contributed by atoms with Crippen LogP contribution in [0.25, 0.3) is 79.5 Å². The van der Waals surface area contributed by atoms with E-state index in [2.05, 4.69) is 114 Å². The molecule has 182 valence electrons. The summed E-state index contributed by atoms with van der Waals surface area (Å²) in [6.45, 7) is 0. The van der Waals surface area contributed by atoms with Crippen LogP contribution in [-0.4, -0.2) is 14.5 Å². The van der Waals surface area contributed by atoms with E-state index in [-0.39, 0.29) is 0 Å². The van der Waals surface area contributed by atoms with Crippen molar-refractivity contribution in [3.8, 4) is 17.2 Å². The molecule has 0 atom stereocenters. The normalized spacial score (nSPS) is 12.1. The lowest BCUT2D eigenvalue weighted by Gasteiger charge is -2.11. The largest absolute Gasteiger partial charge is 0.291 e. The van der Waals surface area contributed by atoms with Crippen LogP contribution in [0.3, 0.4) is 0 Å². The Balaban J connectivity index is 1.52. The van der Waals surface area contributed by atoms with E-state index in [1.807, 2.05) is 17.4 Å². The fourth-order valence-corrected chi connectivity index (χ4v) is 8.26. The summed E-state index contributed by atoms with van der Waals surface area (Å²) in [6, 6.07) is 40.9. The Hall–Kier alpha value is -4.58. The van der Waals surface area contributed by atoms with Gasteiger partial charge < -0.3 is 0 Å². The van der Waals surface area contributed by atoms with Crippen molar-refractivity contribution in [2.75, 3.05) is 0 Å². The minimum absolute atomic E-state index is 0.746. The molecule has 0 fully saturated rings. The Morgan fingerprint density at radius 1 is 0.487 bits per heavy atom. The molecule has 0 aliphatic rings. The van der Waals surface area contributed by atoms with Gasteiger partial charge in [0.1, 0.15) is 0 Å². The third kappa shape index (κ3) is 2.97. The third-order valence-corrected chi connectivity index (χ3v) is 9.97. The van der Waals surface area contributed by atoms with Crippen molar-refractivity contribution in [1.82, 2.24) is 14.5 Å². The Morgan fingerprint density at radius 2 is 1.13 bits per heavy atom. The maximum absolute atomic E-state index is 5.34. The second kappa shape index (κ2) is 7.96. The highest BCUT2D eigenvalue weighted by molar-refractivity contribution is 7.27. The van der Waals surface area contributed by atoms with Crippen LogP contribution < -0.4 is 0 Å². The highest BCUT2D eigenvalue weighted by Gasteiger charge is 2.22. The number of hydrogen-bond acceptors (Lipinski definition) is 4. The summed E-state index contributed by atoms with van der Waals surface area (Å²) < 4.78 is 7.32. The highest BCUT2D eigenvalue weighted by Crippen LogP contribution is 2.45. The Morgan fingerprint density at radius 3 is 1.97 bits per heavy atom. The van der Waals surface area contributed by atoms with Crippen LogP contribution in [0.1, 0.15) is 0 Å². The predicted molar refractivity (Wildman–Crippen MR) is 168 cm³/mol. The minimum Gasteiger partial charge on any atom is -0.291 e. The van der Waals surface area contributed by atoms with Crippen LogP contribution in [-0.2, 0) is 0 Å². The number of rotatable bonds is 2. The summed E-state index contributed by atoms with van der Waals surface area (Å²) >= 11 is 3.64. The molecule has 0 bridgehead atoms. The summed E-state index contributed by atoms with van der Waals surface area (Å²) in [5.74, 6) is 1.69. The van der Waals surface area contributed by atoms with E-state index < -0.39 is 0 Å². The van der Waals surface area contributed by atoms with Crippen molar-refractivity contribution in [2.24, 2.45) is 0 Å². The molecule has 0 spiro atoms. The quantitative estimate of drug-likeness (QED) is 0.221. The Bertz CT molecular complexity index is 2390. The molecule has 0 aliphatic carbocycles. The first-order chi connectivity index (χ1) is 19.3. The zero-order valence-corrected chi connectivity index (χ0v) is 22.3. The van der Waals surface area contributed by atoms with Gasteiger partial charge >= 0.3 is 0 Å². The monoisotopic (exact) mass is 533 g/mol. The molecule has 4 heterocycles. The first-order valence-corrected chi connectivity index (χ1v) is 14.6. The fourth-order valence-electron chi connectivity index (χ4n) is 5.90. The lowest BCUT2D eigenvalue weighted by molar-refractivity contribution is 1.08. The number of para-hydroxylation sites is 1. The molecule has 0 amide bonds. The average molecular weight is 534 g/mol. The van der Waals surface area contributed by atoms with E-state index in [1.54, 1.807) is 11.3 Å². The van der Waals surface area contributed by atoms with Crippen LogP contribution in [0, 0.1) is 0 Å². The smallest absolute Gasteiger partial charge is 0.162 e. The number of hydrogen-bond donors (Lipinski definition) is 0. The zero-order chi connectivity index (χ0) is 25.5. The average Bonchev–Trinajstić information content (AvgIpc) is 3.67. The van der Waals surface area contributed by atoms with Gasteiger partial charge in [-0.1, -0.05) is 97.1 Å². The maximum atomic E-state index is 5.34. The van der Waals surface area contributed by atoms with Crippen molar-refractivity contribution in [1.29, 1.82) is 0 Å². The highest BCUT2D eigenvalue weighted by atomic mass is 32.1. The summed E-state index contributed by atoms with van der Waals surface area (Å²) in [6.07, 6.45) is 0. The molecule has 4 aromatic heterocycles. The van der Waals surface area contributed by atoms with E-state index >= 15 is 0 Å². The van der Waals surface area contributed by atoms with E-state index in [0.29, 0.717) is 0 Å². The first kappa shape index (κ1) is 21.4. The van der Waals surface area contributed by atoms with Crippen LogP contribution in [0.4, 0.5) is 0 Å². The fraction of sp³-hybridized carbons (Fsp3) is 0. The number of nitrogens with zero attached hydrogens (tertiary/aromatic N) is 3. The SMILES string of the molecule is c1ccc(-c2nc(-n3c4ccccc4c4ccc5c6ccccc6sc5c43)c3sc4ccccc4c3n2)cc1. The van der Waals surface area contributed by atoms with Gasteiger partial charge in [0.05, 0.1) is 25.9 Å². The molecule has 5 heteroatoms. The molecule has 0 radical (unpaired) electrons. The van der Waals surface area contributed by atoms with Gasteiger partial charge in [-0.3, -0.25) is 4.57 Å². The second-order valence-electron chi connectivity index (χ2n) is 9.80. The van der Waals surface area contributed by atoms with Gasteiger partial charge in [0.2, 0.25) is 0 Å². The van der Waals surface area contributed by atoms with Crippen molar-refractivity contribution < 1.29 is 0 Å². The van der Waals surface area contributed by atoms with Crippen molar-refractivity contribution in [2.45, 2.75) is 0 Å². The van der Waals surface area contributed by atoms with Crippen molar-refractivity contribution in [3.63, 3.8) is 0 Å². The van der Waals surface area contributed by atoms with Crippen molar-refractivity contribution in [3.05, 3.63) is 115 Å². The van der Waals surface area contributed by atoms with E-state index in [0.717, 1.165) is 32.9 Å². The Labute approximate surface area is 231 Å². The summed E-state index contributed by atoms with van der Waals surface area (Å²) in [7, 11) is 0. The molecule has 9 aromatic rings. The number of benzene rings is 5. The van der Waals surface area contributed by atoms with Crippen molar-refractivity contribution >= 4 is 85.0 Å². The van der Waals surface area contributed by atoms with Gasteiger partial charge in [-0.15, -0.1) is 22.7 Å². The molecule has 0 unspecified atom stereocenters. The minimum atomic E-state index is 0.746. The zero-order valence-electron chi connectivity index (χ0n) is 20.6. The van der Waals surface area contributed by atoms with Crippen LogP contribution >= 0.6 is 22.7 Å². The number of fused-ring (bicyclic) bond motifs is 10. The van der Waals surface area contributed by atoms with Gasteiger partial charge in [-0.25, -0.2) is 9.97 Å². The molecular formula is C34H19N3S2. The van der Waals surface area contributed by atoms with Gasteiger partial charge in [0, 0.05) is 41.9 Å². The summed E-state index contributed by atoms with van der Waals surface area (Å²) in [4.78, 5) is 10.5. The standard InChI is InChI=1S/C34H19N3S2/c1-2-10-20(11-3-1)33-35-29-25-14-6-9-17-28(25)39-32(29)34(36-33)37-26-15-7-4-12-21(26)23-18-19-24-22-13-5-8-16-27(22)38-31(24)30(23)37/h1-19H. The molecule has 0 N–H and O–H groups in total. The van der Waals surface area contributed by atoms with E-state index in [4.69, 9.17) is 9.97 Å². The van der Waals surface area contributed by atoms with E-state index in [1.165, 1.54) is 46.5 Å². The number of thiophene rings is 2. The van der Waals surface area contributed by atoms with Gasteiger partial charge in [0.15, 0.2) is 11.6 Å². The van der Waals surface area contributed by atoms with Gasteiger partial charge in [-0.2, -0.15) is 0 Å². The van der Waals surface area contributed by atoms with Crippen LogP contribution in [0.2, 0.25) is 0 Å². The van der Waals surface area contributed by atoms with E-state index in [9.17, 15) is 0 Å². The predicted octanol–water partition coefficient (Wildman–Crippen LogP) is 9.98. The summed E-state index contributed by atoms with van der Waals surface area (Å²) in [5, 5.41) is 6.25. The molecule has 0 saturated heterocycles. The number of aromatic nitrogens is 3. The molecule has 9 rings (SSSR count).